The fourth-order valence-electron chi connectivity index (χ4n) is 2.44. The molecule has 4 heteroatoms. The molecule has 25 heavy (non-hydrogen) atoms. The number of allylic oxidation sites excluding steroid dienone is 2. The van der Waals surface area contributed by atoms with E-state index in [4.69, 9.17) is 4.43 Å². The van der Waals surface area contributed by atoms with E-state index < -0.39 is 8.32 Å². The highest BCUT2D eigenvalue weighted by Gasteiger charge is 2.40. The lowest BCUT2D eigenvalue weighted by atomic mass is 9.95. The second kappa shape index (κ2) is 8.61. The van der Waals surface area contributed by atoms with Crippen molar-refractivity contribution in [2.45, 2.75) is 72.7 Å². The molecule has 0 aliphatic rings. The SMILES string of the molecule is C=CC(C)=C[C@@H](C)[C@H](O[Si](C)(C)C(C)(C)C)C(C)=Cc1csc(C)n1. The third-order valence-electron chi connectivity index (χ3n) is 5.01. The van der Waals surface area contributed by atoms with Crippen molar-refractivity contribution in [3.63, 3.8) is 0 Å². The maximum atomic E-state index is 6.82. The molecule has 0 aliphatic heterocycles. The van der Waals surface area contributed by atoms with Crippen LogP contribution in [-0.2, 0) is 4.43 Å². The van der Waals surface area contributed by atoms with Crippen LogP contribution in [0.4, 0.5) is 0 Å². The Kier molecular flexibility index (Phi) is 7.60. The predicted molar refractivity (Wildman–Crippen MR) is 116 cm³/mol. The lowest BCUT2D eigenvalue weighted by molar-refractivity contribution is 0.179. The van der Waals surface area contributed by atoms with Crippen LogP contribution in [0, 0.1) is 12.8 Å². The zero-order valence-corrected chi connectivity index (χ0v) is 19.3. The van der Waals surface area contributed by atoms with Crippen LogP contribution in [0.1, 0.15) is 52.2 Å². The Morgan fingerprint density at radius 3 is 2.36 bits per heavy atom. The molecule has 1 heterocycles. The summed E-state index contributed by atoms with van der Waals surface area (Å²) in [5.74, 6) is 0.281. The minimum atomic E-state index is -1.88. The molecule has 0 saturated heterocycles. The quantitative estimate of drug-likeness (QED) is 0.376. The average molecular weight is 378 g/mol. The Balaban J connectivity index is 3.22. The van der Waals surface area contributed by atoms with E-state index in [0.717, 1.165) is 10.7 Å². The van der Waals surface area contributed by atoms with Crippen LogP contribution in [0.25, 0.3) is 6.08 Å². The van der Waals surface area contributed by atoms with Gasteiger partial charge in [0.05, 0.1) is 16.8 Å². The van der Waals surface area contributed by atoms with Gasteiger partial charge in [-0.05, 0) is 50.6 Å². The average Bonchev–Trinajstić information content (AvgIpc) is 2.88. The van der Waals surface area contributed by atoms with E-state index in [1.165, 1.54) is 11.1 Å². The van der Waals surface area contributed by atoms with Gasteiger partial charge in [-0.1, -0.05) is 52.0 Å². The van der Waals surface area contributed by atoms with E-state index >= 15 is 0 Å². The number of aromatic nitrogens is 1. The van der Waals surface area contributed by atoms with Crippen molar-refractivity contribution in [2.75, 3.05) is 0 Å². The van der Waals surface area contributed by atoms with E-state index in [-0.39, 0.29) is 17.1 Å². The van der Waals surface area contributed by atoms with E-state index in [2.05, 4.69) is 83.7 Å². The first-order chi connectivity index (χ1) is 11.4. The minimum absolute atomic E-state index is 0.0535. The Morgan fingerprint density at radius 2 is 1.92 bits per heavy atom. The first kappa shape index (κ1) is 22.1. The van der Waals surface area contributed by atoms with Crippen LogP contribution in [-0.4, -0.2) is 19.4 Å². The third-order valence-corrected chi connectivity index (χ3v) is 10.3. The number of nitrogens with zero attached hydrogens (tertiary/aromatic N) is 1. The smallest absolute Gasteiger partial charge is 0.192 e. The number of aryl methyl sites for hydroxylation is 1. The van der Waals surface area contributed by atoms with Crippen molar-refractivity contribution in [3.05, 3.63) is 46.0 Å². The van der Waals surface area contributed by atoms with Crippen molar-refractivity contribution >= 4 is 25.7 Å². The van der Waals surface area contributed by atoms with Gasteiger partial charge in [0.15, 0.2) is 8.32 Å². The summed E-state index contributed by atoms with van der Waals surface area (Å²) in [5, 5.41) is 3.38. The summed E-state index contributed by atoms with van der Waals surface area (Å²) in [6.45, 7) is 23.9. The van der Waals surface area contributed by atoms with Gasteiger partial charge in [0.1, 0.15) is 0 Å². The Hall–Kier alpha value is -0.973. The van der Waals surface area contributed by atoms with Crippen LogP contribution >= 0.6 is 11.3 Å². The monoisotopic (exact) mass is 377 g/mol. The van der Waals surface area contributed by atoms with Crippen LogP contribution in [0.5, 0.6) is 0 Å². The highest BCUT2D eigenvalue weighted by Crippen LogP contribution is 2.39. The zero-order valence-electron chi connectivity index (χ0n) is 17.4. The van der Waals surface area contributed by atoms with Gasteiger partial charge >= 0.3 is 0 Å². The summed E-state index contributed by atoms with van der Waals surface area (Å²) in [4.78, 5) is 4.58. The van der Waals surface area contributed by atoms with Gasteiger partial charge in [0, 0.05) is 11.3 Å². The summed E-state index contributed by atoms with van der Waals surface area (Å²) in [6, 6.07) is 0. The fraction of sp³-hybridized carbons (Fsp3) is 0.571. The predicted octanol–water partition coefficient (Wildman–Crippen LogP) is 7.01. The summed E-state index contributed by atoms with van der Waals surface area (Å²) in [6.07, 6.45) is 6.39. The van der Waals surface area contributed by atoms with Gasteiger partial charge in [-0.15, -0.1) is 11.3 Å². The van der Waals surface area contributed by atoms with Gasteiger partial charge in [-0.2, -0.15) is 0 Å². The molecule has 0 unspecified atom stereocenters. The first-order valence-electron chi connectivity index (χ1n) is 8.96. The molecule has 0 amide bonds. The molecule has 0 radical (unpaired) electrons. The van der Waals surface area contributed by atoms with Crippen LogP contribution < -0.4 is 0 Å². The van der Waals surface area contributed by atoms with Crippen molar-refractivity contribution in [1.82, 2.24) is 4.98 Å². The van der Waals surface area contributed by atoms with Crippen LogP contribution in [0.15, 0.2) is 35.3 Å². The molecule has 0 N–H and O–H groups in total. The molecule has 140 valence electrons. The summed E-state index contributed by atoms with van der Waals surface area (Å²) >= 11 is 1.69. The Labute approximate surface area is 159 Å². The molecular formula is C21H35NOSSi. The molecule has 1 aromatic rings. The van der Waals surface area contributed by atoms with Crippen molar-refractivity contribution in [2.24, 2.45) is 5.92 Å². The molecule has 2 nitrogen and oxygen atoms in total. The molecular weight excluding hydrogens is 342 g/mol. The zero-order chi connectivity index (χ0) is 19.4. The van der Waals surface area contributed by atoms with Crippen LogP contribution in [0.2, 0.25) is 18.1 Å². The van der Waals surface area contributed by atoms with Crippen molar-refractivity contribution in [1.29, 1.82) is 0 Å². The van der Waals surface area contributed by atoms with Gasteiger partial charge in [-0.25, -0.2) is 4.98 Å². The van der Waals surface area contributed by atoms with E-state index in [9.17, 15) is 0 Å². The summed E-state index contributed by atoms with van der Waals surface area (Å²) in [5.41, 5.74) is 3.45. The number of thiazole rings is 1. The molecule has 0 fully saturated rings. The lowest BCUT2D eigenvalue weighted by Gasteiger charge is -2.41. The summed E-state index contributed by atoms with van der Waals surface area (Å²) < 4.78 is 6.82. The standard InChI is InChI=1S/C21H35NOSSi/c1-11-15(2)12-16(3)20(23-25(9,10)21(6,7)8)17(4)13-19-14-24-18(5)22-19/h11-14,16,20H,1H2,2-10H3/t16-,20+/m1/s1. The van der Waals surface area contributed by atoms with Gasteiger partial charge < -0.3 is 4.43 Å². The maximum Gasteiger partial charge on any atom is 0.192 e. The lowest BCUT2D eigenvalue weighted by Crippen LogP contribution is -2.45. The highest BCUT2D eigenvalue weighted by atomic mass is 32.1. The molecule has 1 rings (SSSR count). The number of hydrogen-bond donors (Lipinski definition) is 0. The second-order valence-corrected chi connectivity index (χ2v) is 14.3. The largest absolute Gasteiger partial charge is 0.410 e. The molecule has 0 aliphatic carbocycles. The second-order valence-electron chi connectivity index (χ2n) is 8.45. The maximum absolute atomic E-state index is 6.82. The van der Waals surface area contributed by atoms with E-state index in [1.807, 2.05) is 13.0 Å². The number of rotatable bonds is 7. The normalized spacial score (nSPS) is 16.7. The third kappa shape index (κ3) is 6.35. The summed E-state index contributed by atoms with van der Waals surface area (Å²) in [7, 11) is -1.88. The topological polar surface area (TPSA) is 22.1 Å². The molecule has 0 saturated carbocycles. The molecule has 0 bridgehead atoms. The van der Waals surface area contributed by atoms with Crippen molar-refractivity contribution in [3.8, 4) is 0 Å². The molecule has 1 aromatic heterocycles. The van der Waals surface area contributed by atoms with Gasteiger partial charge in [0.25, 0.3) is 0 Å². The fourth-order valence-corrected chi connectivity index (χ4v) is 4.40. The van der Waals surface area contributed by atoms with Gasteiger partial charge in [0.2, 0.25) is 0 Å². The Bertz CT molecular complexity index is 649. The van der Waals surface area contributed by atoms with Gasteiger partial charge in [-0.3, -0.25) is 0 Å². The molecule has 2 atom stereocenters. The van der Waals surface area contributed by atoms with Crippen molar-refractivity contribution < 1.29 is 4.43 Å². The minimum Gasteiger partial charge on any atom is -0.410 e. The molecule has 0 spiro atoms. The Morgan fingerprint density at radius 1 is 1.32 bits per heavy atom. The van der Waals surface area contributed by atoms with Crippen LogP contribution in [0.3, 0.4) is 0 Å². The highest BCUT2D eigenvalue weighted by molar-refractivity contribution is 7.09. The molecule has 0 aromatic carbocycles. The van der Waals surface area contributed by atoms with E-state index in [0.29, 0.717) is 0 Å². The first-order valence-corrected chi connectivity index (χ1v) is 12.7. The van der Waals surface area contributed by atoms with E-state index in [1.54, 1.807) is 11.3 Å². The number of hydrogen-bond acceptors (Lipinski definition) is 3.